The highest BCUT2D eigenvalue weighted by molar-refractivity contribution is 5.76. The molecule has 1 aromatic heterocycles. The molecule has 9 heteroatoms. The second kappa shape index (κ2) is 14.0. The molecule has 1 aliphatic rings. The molecule has 1 saturated heterocycles. The third-order valence-electron chi connectivity index (χ3n) is 7.86. The fourth-order valence-electron chi connectivity index (χ4n) is 5.75. The maximum absolute atomic E-state index is 13.4. The first kappa shape index (κ1) is 29.1. The number of amides is 1. The molecule has 1 amide bonds. The van der Waals surface area contributed by atoms with Gasteiger partial charge in [0.2, 0.25) is 0 Å². The van der Waals surface area contributed by atoms with Crippen LogP contribution in [0.2, 0.25) is 0 Å². The Balaban J connectivity index is 1.16. The average molecular weight is 571 g/mol. The molecule has 9 nitrogen and oxygen atoms in total. The molecular weight excluding hydrogens is 532 g/mol. The van der Waals surface area contributed by atoms with Crippen LogP contribution in [0.3, 0.4) is 0 Å². The van der Waals surface area contributed by atoms with Crippen LogP contribution in [0.5, 0.6) is 0 Å². The number of rotatable bonds is 12. The SMILES string of the molecule is O=C(O)CCCn1c(=O)n(C2CCN(C(=O)OCCN(Cc3ccccc3)Cc3ccccc3)CC2)c2ccccc21. The maximum Gasteiger partial charge on any atom is 0.409 e. The molecule has 3 aromatic carbocycles. The van der Waals surface area contributed by atoms with Crippen molar-refractivity contribution in [3.05, 3.63) is 107 Å². The minimum atomic E-state index is -0.869. The lowest BCUT2D eigenvalue weighted by Gasteiger charge is -2.32. The normalized spacial score (nSPS) is 14.0. The molecule has 0 spiro atoms. The van der Waals surface area contributed by atoms with E-state index >= 15 is 0 Å². The lowest BCUT2D eigenvalue weighted by Crippen LogP contribution is -2.42. The zero-order valence-electron chi connectivity index (χ0n) is 23.8. The van der Waals surface area contributed by atoms with E-state index in [1.54, 1.807) is 9.47 Å². The number of fused-ring (bicyclic) bond motifs is 1. The molecule has 220 valence electrons. The van der Waals surface area contributed by atoms with E-state index in [2.05, 4.69) is 29.2 Å². The van der Waals surface area contributed by atoms with Gasteiger partial charge in [-0.3, -0.25) is 18.8 Å². The third kappa shape index (κ3) is 7.28. The Labute approximate surface area is 245 Å². The Hall–Kier alpha value is -4.37. The third-order valence-corrected chi connectivity index (χ3v) is 7.86. The van der Waals surface area contributed by atoms with Gasteiger partial charge in [0.05, 0.1) is 11.0 Å². The zero-order chi connectivity index (χ0) is 29.3. The Bertz CT molecular complexity index is 1480. The minimum Gasteiger partial charge on any atom is -0.481 e. The summed E-state index contributed by atoms with van der Waals surface area (Å²) in [5.41, 5.74) is 3.95. The first-order valence-electron chi connectivity index (χ1n) is 14.6. The van der Waals surface area contributed by atoms with Gasteiger partial charge >= 0.3 is 17.8 Å². The van der Waals surface area contributed by atoms with Gasteiger partial charge in [-0.2, -0.15) is 0 Å². The molecule has 0 bridgehead atoms. The number of para-hydroxylation sites is 2. The molecule has 0 radical (unpaired) electrons. The quantitative estimate of drug-likeness (QED) is 0.253. The van der Waals surface area contributed by atoms with Crippen LogP contribution in [0.15, 0.2) is 89.7 Å². The first-order chi connectivity index (χ1) is 20.5. The standard InChI is InChI=1S/C33H38N4O5/c38-31(39)16-9-19-36-29-14-7-8-15-30(29)37(32(36)40)28-17-20-35(21-18-28)33(41)42-23-22-34(24-26-10-3-1-4-11-26)25-27-12-5-2-6-13-27/h1-8,10-15,28H,9,16-25H2,(H,38,39). The van der Waals surface area contributed by atoms with Crippen molar-refractivity contribution in [3.63, 3.8) is 0 Å². The van der Waals surface area contributed by atoms with Gasteiger partial charge in [0, 0.05) is 51.7 Å². The molecular formula is C33H38N4O5. The first-order valence-corrected chi connectivity index (χ1v) is 14.6. The fourth-order valence-corrected chi connectivity index (χ4v) is 5.75. The van der Waals surface area contributed by atoms with Gasteiger partial charge in [-0.05, 0) is 42.5 Å². The van der Waals surface area contributed by atoms with Gasteiger partial charge in [0.25, 0.3) is 0 Å². The molecule has 0 atom stereocenters. The van der Waals surface area contributed by atoms with E-state index in [9.17, 15) is 14.4 Å². The van der Waals surface area contributed by atoms with Crippen LogP contribution in [0.4, 0.5) is 4.79 Å². The van der Waals surface area contributed by atoms with Crippen LogP contribution in [0.1, 0.15) is 42.9 Å². The second-order valence-corrected chi connectivity index (χ2v) is 10.8. The van der Waals surface area contributed by atoms with E-state index in [4.69, 9.17) is 9.84 Å². The van der Waals surface area contributed by atoms with E-state index in [0.717, 1.165) is 24.1 Å². The van der Waals surface area contributed by atoms with Crippen molar-refractivity contribution >= 4 is 23.1 Å². The van der Waals surface area contributed by atoms with Crippen LogP contribution >= 0.6 is 0 Å². The van der Waals surface area contributed by atoms with Crippen molar-refractivity contribution < 1.29 is 19.4 Å². The number of carboxylic acid groups (broad SMARTS) is 1. The Morgan fingerprint density at radius 1 is 0.833 bits per heavy atom. The number of likely N-dealkylation sites (tertiary alicyclic amines) is 1. The number of carboxylic acids is 1. The summed E-state index contributed by atoms with van der Waals surface area (Å²) in [4.78, 5) is 41.4. The lowest BCUT2D eigenvalue weighted by atomic mass is 10.0. The summed E-state index contributed by atoms with van der Waals surface area (Å²) < 4.78 is 9.21. The highest BCUT2D eigenvalue weighted by atomic mass is 16.6. The Morgan fingerprint density at radius 3 is 2.00 bits per heavy atom. The summed E-state index contributed by atoms with van der Waals surface area (Å²) in [6.45, 7) is 3.80. The van der Waals surface area contributed by atoms with Crippen molar-refractivity contribution in [2.75, 3.05) is 26.2 Å². The number of aromatic nitrogens is 2. The van der Waals surface area contributed by atoms with Crippen LogP contribution in [-0.4, -0.2) is 62.3 Å². The Morgan fingerprint density at radius 2 is 1.40 bits per heavy atom. The molecule has 4 aromatic rings. The van der Waals surface area contributed by atoms with Gasteiger partial charge in [-0.1, -0.05) is 72.8 Å². The van der Waals surface area contributed by atoms with E-state index in [0.29, 0.717) is 52.0 Å². The van der Waals surface area contributed by atoms with E-state index in [1.165, 1.54) is 11.1 Å². The molecule has 1 fully saturated rings. The van der Waals surface area contributed by atoms with Crippen LogP contribution in [0, 0.1) is 0 Å². The molecule has 0 aliphatic carbocycles. The van der Waals surface area contributed by atoms with E-state index < -0.39 is 5.97 Å². The number of piperidine rings is 1. The van der Waals surface area contributed by atoms with Gasteiger partial charge in [-0.15, -0.1) is 0 Å². The highest BCUT2D eigenvalue weighted by Gasteiger charge is 2.28. The lowest BCUT2D eigenvalue weighted by molar-refractivity contribution is -0.137. The van der Waals surface area contributed by atoms with E-state index in [1.807, 2.05) is 65.2 Å². The predicted octanol–water partition coefficient (Wildman–Crippen LogP) is 5.14. The smallest absolute Gasteiger partial charge is 0.409 e. The van der Waals surface area contributed by atoms with Gasteiger partial charge < -0.3 is 14.7 Å². The van der Waals surface area contributed by atoms with Crippen molar-refractivity contribution in [1.82, 2.24) is 18.9 Å². The molecule has 1 N–H and O–H groups in total. The van der Waals surface area contributed by atoms with Gasteiger partial charge in [-0.25, -0.2) is 9.59 Å². The summed E-state index contributed by atoms with van der Waals surface area (Å²) in [5.74, 6) is -0.869. The van der Waals surface area contributed by atoms with Crippen LogP contribution in [-0.2, 0) is 29.2 Å². The van der Waals surface area contributed by atoms with Crippen LogP contribution < -0.4 is 5.69 Å². The summed E-state index contributed by atoms with van der Waals surface area (Å²) >= 11 is 0. The molecule has 0 unspecified atom stereocenters. The number of carbonyl (C=O) groups excluding carboxylic acids is 1. The number of hydrogen-bond acceptors (Lipinski definition) is 5. The molecule has 42 heavy (non-hydrogen) atoms. The minimum absolute atomic E-state index is 0.0166. The van der Waals surface area contributed by atoms with Crippen molar-refractivity contribution in [3.8, 4) is 0 Å². The summed E-state index contributed by atoms with van der Waals surface area (Å²) in [7, 11) is 0. The Kier molecular flexibility index (Phi) is 9.71. The number of imidazole rings is 1. The van der Waals surface area contributed by atoms with Crippen molar-refractivity contribution in [1.29, 1.82) is 0 Å². The van der Waals surface area contributed by atoms with Gasteiger partial charge in [0.15, 0.2) is 0 Å². The molecule has 2 heterocycles. The second-order valence-electron chi connectivity index (χ2n) is 10.8. The molecule has 5 rings (SSSR count). The predicted molar refractivity (Wildman–Crippen MR) is 161 cm³/mol. The number of hydrogen-bond donors (Lipinski definition) is 1. The summed E-state index contributed by atoms with van der Waals surface area (Å²) in [6, 6.07) is 28.1. The largest absolute Gasteiger partial charge is 0.481 e. The van der Waals surface area contributed by atoms with E-state index in [-0.39, 0.29) is 24.2 Å². The van der Waals surface area contributed by atoms with Crippen molar-refractivity contribution in [2.24, 2.45) is 0 Å². The number of nitrogens with zero attached hydrogens (tertiary/aromatic N) is 4. The monoisotopic (exact) mass is 570 g/mol. The average Bonchev–Trinajstić information content (AvgIpc) is 3.29. The van der Waals surface area contributed by atoms with Crippen LogP contribution in [0.25, 0.3) is 11.0 Å². The summed E-state index contributed by atoms with van der Waals surface area (Å²) in [6.07, 6.45) is 1.37. The number of aryl methyl sites for hydroxylation is 1. The molecule has 0 saturated carbocycles. The number of carbonyl (C=O) groups is 2. The maximum atomic E-state index is 13.4. The molecule has 1 aliphatic heterocycles. The summed E-state index contributed by atoms with van der Waals surface area (Å²) in [5, 5.41) is 9.02. The topological polar surface area (TPSA) is 97.0 Å². The zero-order valence-corrected chi connectivity index (χ0v) is 23.8. The number of aliphatic carboxylic acids is 1. The fraction of sp³-hybridized carbons (Fsp3) is 0.364. The number of ether oxygens (including phenoxy) is 1. The number of benzene rings is 3. The van der Waals surface area contributed by atoms with Gasteiger partial charge in [0.1, 0.15) is 6.61 Å². The highest BCUT2D eigenvalue weighted by Crippen LogP contribution is 2.26. The van der Waals surface area contributed by atoms with Crippen molar-refractivity contribution in [2.45, 2.75) is 51.4 Å².